The second-order valence-electron chi connectivity index (χ2n) is 3.93. The highest BCUT2D eigenvalue weighted by Crippen LogP contribution is 2.17. The van der Waals surface area contributed by atoms with Crippen molar-refractivity contribution in [1.29, 1.82) is 0 Å². The third-order valence-corrected chi connectivity index (χ3v) is 3.23. The SMILES string of the molecule is Cc1nc(C(=O)Nc2ccccc2CC(=O)O)cs1. The van der Waals surface area contributed by atoms with Gasteiger partial charge < -0.3 is 10.4 Å². The molecule has 0 aliphatic rings. The van der Waals surface area contributed by atoms with E-state index >= 15 is 0 Å². The number of para-hydroxylation sites is 1. The van der Waals surface area contributed by atoms with Crippen LogP contribution < -0.4 is 5.32 Å². The predicted molar refractivity (Wildman–Crippen MR) is 72.6 cm³/mol. The molecule has 0 saturated carbocycles. The molecular weight excluding hydrogens is 264 g/mol. The molecule has 5 nitrogen and oxygen atoms in total. The number of benzene rings is 1. The van der Waals surface area contributed by atoms with E-state index in [0.29, 0.717) is 16.9 Å². The highest BCUT2D eigenvalue weighted by Gasteiger charge is 2.12. The van der Waals surface area contributed by atoms with Gasteiger partial charge in [-0.1, -0.05) is 18.2 Å². The van der Waals surface area contributed by atoms with Crippen molar-refractivity contribution >= 4 is 28.9 Å². The Balaban J connectivity index is 2.19. The van der Waals surface area contributed by atoms with Crippen LogP contribution in [0.3, 0.4) is 0 Å². The highest BCUT2D eigenvalue weighted by molar-refractivity contribution is 7.09. The molecule has 1 aromatic heterocycles. The summed E-state index contributed by atoms with van der Waals surface area (Å²) in [5, 5.41) is 14.0. The summed E-state index contributed by atoms with van der Waals surface area (Å²) in [5.74, 6) is -1.27. The van der Waals surface area contributed by atoms with Crippen LogP contribution in [0.15, 0.2) is 29.6 Å². The maximum atomic E-state index is 12.0. The Morgan fingerprint density at radius 2 is 2.11 bits per heavy atom. The lowest BCUT2D eigenvalue weighted by molar-refractivity contribution is -0.136. The smallest absolute Gasteiger partial charge is 0.307 e. The number of amides is 1. The topological polar surface area (TPSA) is 79.3 Å². The van der Waals surface area contributed by atoms with Gasteiger partial charge >= 0.3 is 5.97 Å². The second kappa shape index (κ2) is 5.62. The molecule has 2 N–H and O–H groups in total. The van der Waals surface area contributed by atoms with E-state index < -0.39 is 5.97 Å². The molecule has 0 aliphatic carbocycles. The van der Waals surface area contributed by atoms with E-state index in [1.165, 1.54) is 11.3 Å². The minimum absolute atomic E-state index is 0.132. The maximum absolute atomic E-state index is 12.0. The number of aryl methyl sites for hydroxylation is 1. The van der Waals surface area contributed by atoms with Crippen LogP contribution in [0.1, 0.15) is 21.1 Å². The number of hydrogen-bond acceptors (Lipinski definition) is 4. The minimum Gasteiger partial charge on any atom is -0.481 e. The molecule has 0 atom stereocenters. The van der Waals surface area contributed by atoms with Crippen molar-refractivity contribution in [3.8, 4) is 0 Å². The predicted octanol–water partition coefficient (Wildman–Crippen LogP) is 2.33. The number of carbonyl (C=O) groups is 2. The fourth-order valence-electron chi connectivity index (χ4n) is 1.61. The highest BCUT2D eigenvalue weighted by atomic mass is 32.1. The third-order valence-electron chi connectivity index (χ3n) is 2.46. The van der Waals surface area contributed by atoms with Crippen LogP contribution in [0.25, 0.3) is 0 Å². The quantitative estimate of drug-likeness (QED) is 0.898. The summed E-state index contributed by atoms with van der Waals surface area (Å²) in [6.07, 6.45) is -0.132. The molecular formula is C13H12N2O3S. The van der Waals surface area contributed by atoms with Crippen molar-refractivity contribution in [2.45, 2.75) is 13.3 Å². The second-order valence-corrected chi connectivity index (χ2v) is 5.00. The van der Waals surface area contributed by atoms with Gasteiger partial charge in [0.15, 0.2) is 0 Å². The van der Waals surface area contributed by atoms with Gasteiger partial charge in [-0.2, -0.15) is 0 Å². The number of thiazole rings is 1. The van der Waals surface area contributed by atoms with Crippen molar-refractivity contribution in [3.63, 3.8) is 0 Å². The van der Waals surface area contributed by atoms with Crippen LogP contribution in [-0.4, -0.2) is 22.0 Å². The van der Waals surface area contributed by atoms with Crippen molar-refractivity contribution in [1.82, 2.24) is 4.98 Å². The van der Waals surface area contributed by atoms with Gasteiger partial charge in [0.25, 0.3) is 5.91 Å². The molecule has 0 saturated heterocycles. The number of rotatable bonds is 4. The minimum atomic E-state index is -0.939. The van der Waals surface area contributed by atoms with Crippen LogP contribution in [0.5, 0.6) is 0 Å². The molecule has 2 aromatic rings. The molecule has 1 heterocycles. The monoisotopic (exact) mass is 276 g/mol. The van der Waals surface area contributed by atoms with Gasteiger partial charge in [0, 0.05) is 11.1 Å². The van der Waals surface area contributed by atoms with E-state index in [2.05, 4.69) is 10.3 Å². The zero-order valence-corrected chi connectivity index (χ0v) is 11.0. The Kier molecular flexibility index (Phi) is 3.91. The largest absolute Gasteiger partial charge is 0.481 e. The van der Waals surface area contributed by atoms with Crippen LogP contribution in [-0.2, 0) is 11.2 Å². The number of hydrogen-bond donors (Lipinski definition) is 2. The molecule has 98 valence electrons. The lowest BCUT2D eigenvalue weighted by atomic mass is 10.1. The zero-order valence-electron chi connectivity index (χ0n) is 10.2. The lowest BCUT2D eigenvalue weighted by Crippen LogP contribution is -2.14. The summed E-state index contributed by atoms with van der Waals surface area (Å²) >= 11 is 1.39. The van der Waals surface area contributed by atoms with Crippen molar-refractivity contribution in [2.24, 2.45) is 0 Å². The average molecular weight is 276 g/mol. The van der Waals surface area contributed by atoms with Crippen LogP contribution in [0.4, 0.5) is 5.69 Å². The van der Waals surface area contributed by atoms with Gasteiger partial charge in [-0.25, -0.2) is 4.98 Å². The maximum Gasteiger partial charge on any atom is 0.307 e. The van der Waals surface area contributed by atoms with Gasteiger partial charge in [-0.15, -0.1) is 11.3 Å². The number of nitrogens with one attached hydrogen (secondary N) is 1. The molecule has 0 spiro atoms. The molecule has 0 bridgehead atoms. The molecule has 1 aromatic carbocycles. The molecule has 0 aliphatic heterocycles. The third kappa shape index (κ3) is 3.38. The number of aliphatic carboxylic acids is 1. The van der Waals surface area contributed by atoms with E-state index in [9.17, 15) is 9.59 Å². The molecule has 0 unspecified atom stereocenters. The van der Waals surface area contributed by atoms with E-state index in [-0.39, 0.29) is 12.3 Å². The van der Waals surface area contributed by atoms with Crippen LogP contribution in [0.2, 0.25) is 0 Å². The van der Waals surface area contributed by atoms with E-state index in [1.54, 1.807) is 29.6 Å². The molecule has 1 amide bonds. The summed E-state index contributed by atoms with van der Waals surface area (Å²) in [6, 6.07) is 6.83. The number of anilines is 1. The average Bonchev–Trinajstić information content (AvgIpc) is 2.78. The fourth-order valence-corrected chi connectivity index (χ4v) is 2.21. The van der Waals surface area contributed by atoms with Crippen LogP contribution in [0, 0.1) is 6.92 Å². The first-order valence-electron chi connectivity index (χ1n) is 5.59. The van der Waals surface area contributed by atoms with Gasteiger partial charge in [-0.05, 0) is 18.6 Å². The van der Waals surface area contributed by atoms with E-state index in [1.807, 2.05) is 6.92 Å². The molecule has 6 heteroatoms. The Morgan fingerprint density at radius 1 is 1.37 bits per heavy atom. The Labute approximate surface area is 113 Å². The summed E-state index contributed by atoms with van der Waals surface area (Å²) in [7, 11) is 0. The fraction of sp³-hybridized carbons (Fsp3) is 0.154. The number of nitrogens with zero attached hydrogens (tertiary/aromatic N) is 1. The van der Waals surface area contributed by atoms with Crippen molar-refractivity contribution < 1.29 is 14.7 Å². The molecule has 19 heavy (non-hydrogen) atoms. The van der Waals surface area contributed by atoms with E-state index in [0.717, 1.165) is 5.01 Å². The van der Waals surface area contributed by atoms with Gasteiger partial charge in [-0.3, -0.25) is 9.59 Å². The number of carboxylic acids is 1. The van der Waals surface area contributed by atoms with Gasteiger partial charge in [0.05, 0.1) is 11.4 Å². The Bertz CT molecular complexity index is 622. The summed E-state index contributed by atoms with van der Waals surface area (Å²) in [5.41, 5.74) is 1.41. The first-order chi connectivity index (χ1) is 9.06. The standard InChI is InChI=1S/C13H12N2O3S/c1-8-14-11(7-19-8)13(18)15-10-5-3-2-4-9(10)6-12(16)17/h2-5,7H,6H2,1H3,(H,15,18)(H,16,17). The Morgan fingerprint density at radius 3 is 2.74 bits per heavy atom. The summed E-state index contributed by atoms with van der Waals surface area (Å²) < 4.78 is 0. The summed E-state index contributed by atoms with van der Waals surface area (Å²) in [4.78, 5) is 26.8. The number of aromatic nitrogens is 1. The lowest BCUT2D eigenvalue weighted by Gasteiger charge is -2.08. The van der Waals surface area contributed by atoms with E-state index in [4.69, 9.17) is 5.11 Å². The van der Waals surface area contributed by atoms with Crippen molar-refractivity contribution in [2.75, 3.05) is 5.32 Å². The molecule has 0 radical (unpaired) electrons. The van der Waals surface area contributed by atoms with Gasteiger partial charge in [0.2, 0.25) is 0 Å². The van der Waals surface area contributed by atoms with Gasteiger partial charge in [0.1, 0.15) is 5.69 Å². The number of carbonyl (C=O) groups excluding carboxylic acids is 1. The Hall–Kier alpha value is -2.21. The summed E-state index contributed by atoms with van der Waals surface area (Å²) in [6.45, 7) is 1.82. The van der Waals surface area contributed by atoms with Crippen LogP contribution >= 0.6 is 11.3 Å². The van der Waals surface area contributed by atoms with Crippen molar-refractivity contribution in [3.05, 3.63) is 45.9 Å². The first-order valence-corrected chi connectivity index (χ1v) is 6.47. The molecule has 0 fully saturated rings. The number of carboxylic acid groups (broad SMARTS) is 1. The first kappa shape index (κ1) is 13.2. The normalized spacial score (nSPS) is 10.2. The zero-order chi connectivity index (χ0) is 13.8. The molecule has 2 rings (SSSR count).